The van der Waals surface area contributed by atoms with Crippen LogP contribution >= 0.6 is 0 Å². The van der Waals surface area contributed by atoms with Crippen molar-refractivity contribution in [1.82, 2.24) is 0 Å². The molecule has 25 heavy (non-hydrogen) atoms. The number of hydrogen-bond acceptors (Lipinski definition) is 6. The summed E-state index contributed by atoms with van der Waals surface area (Å²) in [6, 6.07) is 14.6. The smallest absolute Gasteiger partial charge is 0.177 e. The van der Waals surface area contributed by atoms with Gasteiger partial charge in [0.05, 0.1) is 19.9 Å². The number of rotatable bonds is 5. The molecule has 1 atom stereocenters. The first-order chi connectivity index (χ1) is 12.1. The predicted octanol–water partition coefficient (Wildman–Crippen LogP) is 2.81. The van der Waals surface area contributed by atoms with Crippen molar-refractivity contribution in [2.75, 3.05) is 19.2 Å². The first-order valence-electron chi connectivity index (χ1n) is 7.77. The van der Waals surface area contributed by atoms with Crippen LogP contribution in [-0.2, 0) is 0 Å². The van der Waals surface area contributed by atoms with Crippen molar-refractivity contribution >= 4 is 17.3 Å². The Morgan fingerprint density at radius 3 is 2.44 bits per heavy atom. The van der Waals surface area contributed by atoms with Gasteiger partial charge in [-0.05, 0) is 36.4 Å². The van der Waals surface area contributed by atoms with Crippen molar-refractivity contribution in [1.29, 1.82) is 0 Å². The number of ether oxygens (including phenoxy) is 2. The first kappa shape index (κ1) is 16.6. The Morgan fingerprint density at radius 2 is 1.80 bits per heavy atom. The van der Waals surface area contributed by atoms with Gasteiger partial charge < -0.3 is 15.2 Å². The van der Waals surface area contributed by atoms with E-state index in [4.69, 9.17) is 15.2 Å². The second-order valence-electron chi connectivity index (χ2n) is 5.46. The molecule has 0 aromatic heterocycles. The third-order valence-electron chi connectivity index (χ3n) is 3.93. The molecule has 128 valence electrons. The number of benzene rings is 2. The van der Waals surface area contributed by atoms with Gasteiger partial charge in [0.2, 0.25) is 0 Å². The molecule has 1 aliphatic rings. The molecule has 2 aromatic rings. The minimum Gasteiger partial charge on any atom is -0.493 e. The fraction of sp³-hybridized carbons (Fsp3) is 0.158. The SMILES string of the molecule is COc1ccc(C(=O)C2C=CN(c3ccccc3)N=C2N)cc1OC. The zero-order valence-electron chi connectivity index (χ0n) is 14.0. The highest BCUT2D eigenvalue weighted by molar-refractivity contribution is 6.13. The number of carbonyl (C=O) groups is 1. The zero-order chi connectivity index (χ0) is 17.8. The normalized spacial score (nSPS) is 16.3. The number of anilines is 1. The van der Waals surface area contributed by atoms with E-state index in [1.807, 2.05) is 30.3 Å². The molecule has 0 amide bonds. The summed E-state index contributed by atoms with van der Waals surface area (Å²) in [5.41, 5.74) is 7.41. The molecule has 1 unspecified atom stereocenters. The largest absolute Gasteiger partial charge is 0.493 e. The van der Waals surface area contributed by atoms with Crippen molar-refractivity contribution in [3.63, 3.8) is 0 Å². The molecule has 2 aromatic carbocycles. The Kier molecular flexibility index (Phi) is 4.70. The number of ketones is 1. The van der Waals surface area contributed by atoms with Crippen LogP contribution in [0.5, 0.6) is 11.5 Å². The number of amidine groups is 1. The summed E-state index contributed by atoms with van der Waals surface area (Å²) < 4.78 is 10.4. The number of hydrazone groups is 1. The van der Waals surface area contributed by atoms with E-state index in [0.29, 0.717) is 17.1 Å². The lowest BCUT2D eigenvalue weighted by Gasteiger charge is -2.23. The molecule has 0 radical (unpaired) electrons. The fourth-order valence-electron chi connectivity index (χ4n) is 2.60. The quantitative estimate of drug-likeness (QED) is 0.849. The lowest BCUT2D eigenvalue weighted by molar-refractivity contribution is 0.0971. The summed E-state index contributed by atoms with van der Waals surface area (Å²) in [5.74, 6) is 0.542. The molecule has 0 fully saturated rings. The third-order valence-corrected chi connectivity index (χ3v) is 3.93. The standard InChI is InChI=1S/C19H19N3O3/c1-24-16-9-8-13(12-17(16)25-2)18(23)15-10-11-22(21-19(15)20)14-6-4-3-5-7-14/h3-12,15H,1-2H3,(H2,20,21). The summed E-state index contributed by atoms with van der Waals surface area (Å²) in [4.78, 5) is 12.8. The summed E-state index contributed by atoms with van der Waals surface area (Å²) in [6.45, 7) is 0. The number of nitrogens with two attached hydrogens (primary N) is 1. The van der Waals surface area contributed by atoms with Crippen LogP contribution in [0.4, 0.5) is 5.69 Å². The van der Waals surface area contributed by atoms with Gasteiger partial charge in [-0.2, -0.15) is 5.10 Å². The predicted molar refractivity (Wildman–Crippen MR) is 97.0 cm³/mol. The molecule has 6 heteroatoms. The lowest BCUT2D eigenvalue weighted by Crippen LogP contribution is -2.34. The monoisotopic (exact) mass is 337 g/mol. The molecule has 1 aliphatic heterocycles. The molecule has 0 bridgehead atoms. The van der Waals surface area contributed by atoms with E-state index in [2.05, 4.69) is 5.10 Å². The van der Waals surface area contributed by atoms with Crippen LogP contribution in [0.2, 0.25) is 0 Å². The fourth-order valence-corrected chi connectivity index (χ4v) is 2.60. The second-order valence-corrected chi connectivity index (χ2v) is 5.46. The Balaban J connectivity index is 1.83. The molecule has 6 nitrogen and oxygen atoms in total. The van der Waals surface area contributed by atoms with Gasteiger partial charge in [0, 0.05) is 11.8 Å². The van der Waals surface area contributed by atoms with Gasteiger partial charge in [0.15, 0.2) is 17.3 Å². The maximum atomic E-state index is 12.8. The van der Waals surface area contributed by atoms with Gasteiger partial charge in [-0.1, -0.05) is 18.2 Å². The summed E-state index contributed by atoms with van der Waals surface area (Å²) in [5, 5.41) is 5.97. The number of methoxy groups -OCH3 is 2. The molecule has 3 rings (SSSR count). The maximum Gasteiger partial charge on any atom is 0.177 e. The van der Waals surface area contributed by atoms with Crippen molar-refractivity contribution in [2.24, 2.45) is 16.8 Å². The Labute approximate surface area is 146 Å². The number of carbonyl (C=O) groups excluding carboxylic acids is 1. The molecule has 0 spiro atoms. The summed E-state index contributed by atoms with van der Waals surface area (Å²) >= 11 is 0. The third kappa shape index (κ3) is 3.33. The van der Waals surface area contributed by atoms with Crippen LogP contribution in [-0.4, -0.2) is 25.8 Å². The molecule has 0 saturated heterocycles. The van der Waals surface area contributed by atoms with E-state index in [0.717, 1.165) is 5.69 Å². The van der Waals surface area contributed by atoms with E-state index in [1.54, 1.807) is 42.6 Å². The molecular formula is C19H19N3O3. The van der Waals surface area contributed by atoms with E-state index in [1.165, 1.54) is 7.11 Å². The van der Waals surface area contributed by atoms with Crippen molar-refractivity contribution < 1.29 is 14.3 Å². The van der Waals surface area contributed by atoms with Gasteiger partial charge >= 0.3 is 0 Å². The molecule has 1 heterocycles. The van der Waals surface area contributed by atoms with E-state index in [9.17, 15) is 4.79 Å². The number of nitrogens with zero attached hydrogens (tertiary/aromatic N) is 2. The van der Waals surface area contributed by atoms with E-state index < -0.39 is 5.92 Å². The summed E-state index contributed by atoms with van der Waals surface area (Å²) in [6.07, 6.45) is 3.49. The highest BCUT2D eigenvalue weighted by Crippen LogP contribution is 2.29. The molecule has 2 N–H and O–H groups in total. The Morgan fingerprint density at radius 1 is 1.08 bits per heavy atom. The highest BCUT2D eigenvalue weighted by Gasteiger charge is 2.26. The van der Waals surface area contributed by atoms with E-state index >= 15 is 0 Å². The van der Waals surface area contributed by atoms with Gasteiger partial charge in [-0.25, -0.2) is 5.01 Å². The zero-order valence-corrected chi connectivity index (χ0v) is 14.0. The van der Waals surface area contributed by atoms with Gasteiger partial charge in [-0.15, -0.1) is 0 Å². The summed E-state index contributed by atoms with van der Waals surface area (Å²) in [7, 11) is 3.08. The van der Waals surface area contributed by atoms with Crippen molar-refractivity contribution in [2.45, 2.75) is 0 Å². The average Bonchev–Trinajstić information content (AvgIpc) is 2.67. The second kappa shape index (κ2) is 7.09. The van der Waals surface area contributed by atoms with Crippen LogP contribution in [0.25, 0.3) is 0 Å². The maximum absolute atomic E-state index is 12.8. The topological polar surface area (TPSA) is 77.2 Å². The Hall–Kier alpha value is -3.28. The van der Waals surface area contributed by atoms with Crippen LogP contribution < -0.4 is 20.2 Å². The highest BCUT2D eigenvalue weighted by atomic mass is 16.5. The van der Waals surface area contributed by atoms with Crippen molar-refractivity contribution in [3.05, 3.63) is 66.4 Å². The number of hydrogen-bond donors (Lipinski definition) is 1. The van der Waals surface area contributed by atoms with Crippen LogP contribution in [0.15, 0.2) is 65.9 Å². The average molecular weight is 337 g/mol. The minimum atomic E-state index is -0.613. The van der Waals surface area contributed by atoms with Gasteiger partial charge in [0.1, 0.15) is 11.8 Å². The number of Topliss-reactive ketones (excluding diaryl/α,β-unsaturated/α-hetero) is 1. The lowest BCUT2D eigenvalue weighted by atomic mass is 9.95. The van der Waals surface area contributed by atoms with Crippen molar-refractivity contribution in [3.8, 4) is 11.5 Å². The Bertz CT molecular complexity index is 831. The first-order valence-corrected chi connectivity index (χ1v) is 7.77. The van der Waals surface area contributed by atoms with Gasteiger partial charge in [-0.3, -0.25) is 4.79 Å². The molecular weight excluding hydrogens is 318 g/mol. The van der Waals surface area contributed by atoms with Crippen LogP contribution in [0.3, 0.4) is 0 Å². The van der Waals surface area contributed by atoms with Crippen LogP contribution in [0.1, 0.15) is 10.4 Å². The minimum absolute atomic E-state index is 0.147. The molecule has 0 aliphatic carbocycles. The van der Waals surface area contributed by atoms with Gasteiger partial charge in [0.25, 0.3) is 0 Å². The van der Waals surface area contributed by atoms with E-state index in [-0.39, 0.29) is 11.6 Å². The molecule has 0 saturated carbocycles. The number of para-hydroxylation sites is 1. The van der Waals surface area contributed by atoms with Crippen LogP contribution in [0, 0.1) is 5.92 Å².